The van der Waals surface area contributed by atoms with E-state index in [9.17, 15) is 4.79 Å². The number of piperidine rings is 1. The topological polar surface area (TPSA) is 40.5 Å². The monoisotopic (exact) mass is 225 g/mol. The molecule has 16 heavy (non-hydrogen) atoms. The number of aliphatic hydroxyl groups excluding tert-OH is 1. The molecule has 2 aliphatic rings. The molecule has 0 aromatic rings. The number of carbonyl (C=O) groups is 1. The van der Waals surface area contributed by atoms with Crippen LogP contribution in [0.25, 0.3) is 0 Å². The van der Waals surface area contributed by atoms with Gasteiger partial charge in [-0.3, -0.25) is 4.79 Å². The zero-order chi connectivity index (χ0) is 11.5. The number of hydrogen-bond donors (Lipinski definition) is 1. The van der Waals surface area contributed by atoms with Gasteiger partial charge in [0.25, 0.3) is 0 Å². The second-order valence-corrected chi connectivity index (χ2v) is 5.35. The number of rotatable bonds is 4. The lowest BCUT2D eigenvalue weighted by Gasteiger charge is -2.32. The van der Waals surface area contributed by atoms with Crippen molar-refractivity contribution >= 4 is 5.91 Å². The lowest BCUT2D eigenvalue weighted by molar-refractivity contribution is -0.132. The Morgan fingerprint density at radius 2 is 2.00 bits per heavy atom. The van der Waals surface area contributed by atoms with Crippen LogP contribution in [0.1, 0.15) is 39.0 Å². The Morgan fingerprint density at radius 3 is 2.50 bits per heavy atom. The fraction of sp³-hybridized carbons (Fsp3) is 0.923. The standard InChI is InChI=1S/C13H23NO2/c1-2-13(16)14-5-3-10(4-6-14)7-11-8-12(11)9-15/h10-12,15H,2-9H2,1H3. The van der Waals surface area contributed by atoms with Crippen molar-refractivity contribution in [3.63, 3.8) is 0 Å². The van der Waals surface area contributed by atoms with E-state index < -0.39 is 0 Å². The molecule has 0 aromatic heterocycles. The van der Waals surface area contributed by atoms with Crippen molar-refractivity contribution in [1.82, 2.24) is 4.90 Å². The lowest BCUT2D eigenvalue weighted by Crippen LogP contribution is -2.38. The van der Waals surface area contributed by atoms with E-state index >= 15 is 0 Å². The summed E-state index contributed by atoms with van der Waals surface area (Å²) in [7, 11) is 0. The third kappa shape index (κ3) is 2.76. The van der Waals surface area contributed by atoms with Crippen molar-refractivity contribution in [2.24, 2.45) is 17.8 Å². The van der Waals surface area contributed by atoms with E-state index in [1.54, 1.807) is 0 Å². The van der Waals surface area contributed by atoms with Crippen LogP contribution in [0.3, 0.4) is 0 Å². The maximum atomic E-state index is 11.5. The number of carbonyl (C=O) groups excluding carboxylic acids is 1. The smallest absolute Gasteiger partial charge is 0.222 e. The predicted octanol–water partition coefficient (Wildman–Crippen LogP) is 1.65. The van der Waals surface area contributed by atoms with E-state index in [4.69, 9.17) is 5.11 Å². The average Bonchev–Trinajstić information content (AvgIpc) is 3.07. The molecular formula is C13H23NO2. The molecule has 1 heterocycles. The predicted molar refractivity (Wildman–Crippen MR) is 62.9 cm³/mol. The van der Waals surface area contributed by atoms with Gasteiger partial charge in [-0.25, -0.2) is 0 Å². The highest BCUT2D eigenvalue weighted by molar-refractivity contribution is 5.75. The molecule has 1 amide bonds. The van der Waals surface area contributed by atoms with E-state index in [0.717, 1.165) is 24.9 Å². The van der Waals surface area contributed by atoms with Crippen LogP contribution in [0.15, 0.2) is 0 Å². The normalized spacial score (nSPS) is 30.5. The summed E-state index contributed by atoms with van der Waals surface area (Å²) in [5, 5.41) is 9.00. The second-order valence-electron chi connectivity index (χ2n) is 5.35. The van der Waals surface area contributed by atoms with E-state index in [0.29, 0.717) is 24.9 Å². The Morgan fingerprint density at radius 1 is 1.31 bits per heavy atom. The number of aliphatic hydroxyl groups is 1. The molecule has 92 valence electrons. The van der Waals surface area contributed by atoms with Crippen LogP contribution in [-0.2, 0) is 4.79 Å². The Balaban J connectivity index is 1.67. The molecule has 2 fully saturated rings. The number of nitrogens with zero attached hydrogens (tertiary/aromatic N) is 1. The van der Waals surface area contributed by atoms with Gasteiger partial charge in [-0.05, 0) is 43.4 Å². The first-order valence-electron chi connectivity index (χ1n) is 6.63. The van der Waals surface area contributed by atoms with Crippen LogP contribution in [-0.4, -0.2) is 35.6 Å². The minimum absolute atomic E-state index is 0.304. The minimum atomic E-state index is 0.304. The molecule has 3 nitrogen and oxygen atoms in total. The van der Waals surface area contributed by atoms with Gasteiger partial charge in [-0.1, -0.05) is 6.92 Å². The molecule has 2 rings (SSSR count). The SMILES string of the molecule is CCC(=O)N1CCC(CC2CC2CO)CC1. The molecular weight excluding hydrogens is 202 g/mol. The maximum Gasteiger partial charge on any atom is 0.222 e. The van der Waals surface area contributed by atoms with Gasteiger partial charge in [-0.15, -0.1) is 0 Å². The summed E-state index contributed by atoms with van der Waals surface area (Å²) in [5.74, 6) is 2.47. The molecule has 0 aromatic carbocycles. The van der Waals surface area contributed by atoms with Crippen LogP contribution >= 0.6 is 0 Å². The van der Waals surface area contributed by atoms with Crippen LogP contribution in [0.2, 0.25) is 0 Å². The van der Waals surface area contributed by atoms with E-state index in [1.807, 2.05) is 11.8 Å². The molecule has 2 atom stereocenters. The summed E-state index contributed by atoms with van der Waals surface area (Å²) >= 11 is 0. The maximum absolute atomic E-state index is 11.5. The molecule has 1 N–H and O–H groups in total. The van der Waals surface area contributed by atoms with Crippen LogP contribution in [0, 0.1) is 17.8 Å². The first-order chi connectivity index (χ1) is 7.74. The van der Waals surface area contributed by atoms with E-state index in [1.165, 1.54) is 25.7 Å². The Bertz CT molecular complexity index is 246. The van der Waals surface area contributed by atoms with Crippen molar-refractivity contribution in [3.05, 3.63) is 0 Å². The van der Waals surface area contributed by atoms with Crippen LogP contribution in [0.4, 0.5) is 0 Å². The van der Waals surface area contributed by atoms with Crippen LogP contribution < -0.4 is 0 Å². The molecule has 0 spiro atoms. The summed E-state index contributed by atoms with van der Waals surface area (Å²) < 4.78 is 0. The fourth-order valence-electron chi connectivity index (χ4n) is 2.89. The average molecular weight is 225 g/mol. The molecule has 1 aliphatic carbocycles. The Kier molecular flexibility index (Phi) is 3.85. The third-order valence-corrected chi connectivity index (χ3v) is 4.21. The van der Waals surface area contributed by atoms with Gasteiger partial charge in [0.2, 0.25) is 5.91 Å². The van der Waals surface area contributed by atoms with Crippen molar-refractivity contribution in [2.75, 3.05) is 19.7 Å². The van der Waals surface area contributed by atoms with Gasteiger partial charge in [0.15, 0.2) is 0 Å². The molecule has 0 bridgehead atoms. The van der Waals surface area contributed by atoms with Gasteiger partial charge in [0.1, 0.15) is 0 Å². The summed E-state index contributed by atoms with van der Waals surface area (Å²) in [4.78, 5) is 13.5. The summed E-state index contributed by atoms with van der Waals surface area (Å²) in [6.45, 7) is 4.21. The molecule has 1 saturated heterocycles. The van der Waals surface area contributed by atoms with Crippen molar-refractivity contribution in [1.29, 1.82) is 0 Å². The number of hydrogen-bond acceptors (Lipinski definition) is 2. The van der Waals surface area contributed by atoms with Crippen molar-refractivity contribution < 1.29 is 9.90 Å². The van der Waals surface area contributed by atoms with Crippen molar-refractivity contribution in [2.45, 2.75) is 39.0 Å². The first-order valence-corrected chi connectivity index (χ1v) is 6.63. The molecule has 1 aliphatic heterocycles. The van der Waals surface area contributed by atoms with E-state index in [2.05, 4.69) is 0 Å². The van der Waals surface area contributed by atoms with Gasteiger partial charge in [0, 0.05) is 26.1 Å². The summed E-state index contributed by atoms with van der Waals surface area (Å²) in [6.07, 6.45) is 5.48. The molecule has 0 radical (unpaired) electrons. The van der Waals surface area contributed by atoms with Gasteiger partial charge >= 0.3 is 0 Å². The first kappa shape index (κ1) is 11.9. The number of likely N-dealkylation sites (tertiary alicyclic amines) is 1. The minimum Gasteiger partial charge on any atom is -0.396 e. The Labute approximate surface area is 97.8 Å². The Hall–Kier alpha value is -0.570. The largest absolute Gasteiger partial charge is 0.396 e. The fourth-order valence-corrected chi connectivity index (χ4v) is 2.89. The van der Waals surface area contributed by atoms with Gasteiger partial charge < -0.3 is 10.0 Å². The highest BCUT2D eigenvalue weighted by atomic mass is 16.3. The molecule has 2 unspecified atom stereocenters. The van der Waals surface area contributed by atoms with Crippen LogP contribution in [0.5, 0.6) is 0 Å². The quantitative estimate of drug-likeness (QED) is 0.790. The second kappa shape index (κ2) is 5.17. The molecule has 3 heteroatoms. The zero-order valence-corrected chi connectivity index (χ0v) is 10.2. The zero-order valence-electron chi connectivity index (χ0n) is 10.2. The molecule has 1 saturated carbocycles. The third-order valence-electron chi connectivity index (χ3n) is 4.21. The highest BCUT2D eigenvalue weighted by Gasteiger charge is 2.38. The lowest BCUT2D eigenvalue weighted by atomic mass is 9.91. The number of amides is 1. The van der Waals surface area contributed by atoms with Crippen molar-refractivity contribution in [3.8, 4) is 0 Å². The highest BCUT2D eigenvalue weighted by Crippen LogP contribution is 2.44. The summed E-state index contributed by atoms with van der Waals surface area (Å²) in [6, 6.07) is 0. The summed E-state index contributed by atoms with van der Waals surface area (Å²) in [5.41, 5.74) is 0. The van der Waals surface area contributed by atoms with Gasteiger partial charge in [-0.2, -0.15) is 0 Å². The van der Waals surface area contributed by atoms with E-state index in [-0.39, 0.29) is 0 Å². The van der Waals surface area contributed by atoms with Gasteiger partial charge in [0.05, 0.1) is 0 Å².